The molecule has 2 unspecified atom stereocenters. The molecule has 0 aromatic heterocycles. The first-order valence-corrected chi connectivity index (χ1v) is 6.51. The van der Waals surface area contributed by atoms with Gasteiger partial charge < -0.3 is 9.47 Å². The van der Waals surface area contributed by atoms with E-state index in [0.717, 1.165) is 5.56 Å². The molecule has 0 N–H and O–H groups in total. The topological polar surface area (TPSA) is 35.5 Å². The summed E-state index contributed by atoms with van der Waals surface area (Å²) in [5.74, 6) is 0.133. The van der Waals surface area contributed by atoms with E-state index in [2.05, 4.69) is 0 Å². The van der Waals surface area contributed by atoms with Crippen molar-refractivity contribution in [3.05, 3.63) is 33.8 Å². The first-order valence-electron chi connectivity index (χ1n) is 5.76. The molecule has 98 valence electrons. The zero-order valence-electron chi connectivity index (χ0n) is 9.99. The van der Waals surface area contributed by atoms with Crippen LogP contribution in [0.5, 0.6) is 0 Å². The minimum absolute atomic E-state index is 0.133. The molecular formula is C13H14Cl2O3. The lowest BCUT2D eigenvalue weighted by molar-refractivity contribution is -0.121. The van der Waals surface area contributed by atoms with Gasteiger partial charge in [0.15, 0.2) is 5.78 Å². The highest BCUT2D eigenvalue weighted by atomic mass is 35.5. The highest BCUT2D eigenvalue weighted by Crippen LogP contribution is 2.22. The van der Waals surface area contributed by atoms with Crippen molar-refractivity contribution in [1.29, 1.82) is 0 Å². The largest absolute Gasteiger partial charge is 0.374 e. The van der Waals surface area contributed by atoms with E-state index in [-0.39, 0.29) is 18.0 Å². The maximum atomic E-state index is 11.3. The van der Waals surface area contributed by atoms with Gasteiger partial charge in [-0.05, 0) is 24.6 Å². The molecule has 1 aromatic rings. The number of carbonyl (C=O) groups is 1. The quantitative estimate of drug-likeness (QED) is 0.853. The first kappa shape index (κ1) is 13.8. The van der Waals surface area contributed by atoms with Crippen molar-refractivity contribution in [2.75, 3.05) is 6.61 Å². The molecule has 0 saturated carbocycles. The number of hydrogen-bond donors (Lipinski definition) is 0. The summed E-state index contributed by atoms with van der Waals surface area (Å²) in [5.41, 5.74) is 0.874. The third-order valence-corrected chi connectivity index (χ3v) is 3.44. The van der Waals surface area contributed by atoms with E-state index in [4.69, 9.17) is 32.7 Å². The Labute approximate surface area is 116 Å². The van der Waals surface area contributed by atoms with E-state index >= 15 is 0 Å². The normalized spacial score (nSPS) is 23.6. The van der Waals surface area contributed by atoms with Gasteiger partial charge >= 0.3 is 0 Å². The van der Waals surface area contributed by atoms with E-state index < -0.39 is 0 Å². The molecule has 1 saturated heterocycles. The van der Waals surface area contributed by atoms with E-state index in [1.807, 2.05) is 6.07 Å². The molecule has 2 rings (SSSR count). The number of ketones is 1. The Hall–Kier alpha value is -0.610. The van der Waals surface area contributed by atoms with Gasteiger partial charge in [-0.25, -0.2) is 0 Å². The molecule has 1 aliphatic heterocycles. The average molecular weight is 289 g/mol. The van der Waals surface area contributed by atoms with Crippen LogP contribution in [0, 0.1) is 0 Å². The Balaban J connectivity index is 1.80. The number of rotatable bonds is 4. The number of Topliss-reactive ketones (excluding diaryl/α,β-unsaturated/α-hetero) is 1. The average Bonchev–Trinajstić information content (AvgIpc) is 2.61. The molecule has 1 heterocycles. The second-order valence-corrected chi connectivity index (χ2v) is 5.17. The summed E-state index contributed by atoms with van der Waals surface area (Å²) in [4.78, 5) is 11.3. The van der Waals surface area contributed by atoms with Gasteiger partial charge in [-0.2, -0.15) is 0 Å². The van der Waals surface area contributed by atoms with Crippen LogP contribution in [0.4, 0.5) is 0 Å². The molecule has 1 aliphatic rings. The van der Waals surface area contributed by atoms with Gasteiger partial charge in [-0.1, -0.05) is 29.3 Å². The van der Waals surface area contributed by atoms with Crippen molar-refractivity contribution in [3.63, 3.8) is 0 Å². The summed E-state index contributed by atoms with van der Waals surface area (Å²) in [7, 11) is 0. The summed E-state index contributed by atoms with van der Waals surface area (Å²) in [5, 5.41) is 1.18. The number of hydrogen-bond acceptors (Lipinski definition) is 3. The van der Waals surface area contributed by atoms with Gasteiger partial charge in [0, 0.05) is 16.5 Å². The van der Waals surface area contributed by atoms with Crippen LogP contribution in [-0.2, 0) is 20.9 Å². The van der Waals surface area contributed by atoms with Gasteiger partial charge in [0.25, 0.3) is 0 Å². The van der Waals surface area contributed by atoms with Crippen molar-refractivity contribution in [1.82, 2.24) is 0 Å². The van der Waals surface area contributed by atoms with Gasteiger partial charge in [0.1, 0.15) is 6.10 Å². The summed E-state index contributed by atoms with van der Waals surface area (Å²) in [6.45, 7) is 2.55. The second-order valence-electron chi connectivity index (χ2n) is 4.32. The van der Waals surface area contributed by atoms with Crippen molar-refractivity contribution >= 4 is 29.0 Å². The Morgan fingerprint density at radius 3 is 2.83 bits per heavy atom. The lowest BCUT2D eigenvalue weighted by atomic mass is 10.2. The zero-order chi connectivity index (χ0) is 13.1. The third-order valence-electron chi connectivity index (χ3n) is 2.86. The Morgan fingerprint density at radius 2 is 2.22 bits per heavy atom. The maximum Gasteiger partial charge on any atom is 0.163 e. The van der Waals surface area contributed by atoms with Crippen molar-refractivity contribution < 1.29 is 14.3 Å². The molecular weight excluding hydrogens is 275 g/mol. The lowest BCUT2D eigenvalue weighted by Crippen LogP contribution is -2.15. The Morgan fingerprint density at radius 1 is 1.44 bits per heavy atom. The molecule has 5 heteroatoms. The van der Waals surface area contributed by atoms with Gasteiger partial charge in [0.05, 0.1) is 19.3 Å². The Kier molecular flexibility index (Phi) is 4.62. The van der Waals surface area contributed by atoms with E-state index in [9.17, 15) is 4.79 Å². The molecule has 0 bridgehead atoms. The van der Waals surface area contributed by atoms with E-state index in [1.54, 1.807) is 19.1 Å². The number of carbonyl (C=O) groups excluding carboxylic acids is 1. The fourth-order valence-corrected chi connectivity index (χ4v) is 2.30. The summed E-state index contributed by atoms with van der Waals surface area (Å²) >= 11 is 11.8. The zero-order valence-corrected chi connectivity index (χ0v) is 11.5. The van der Waals surface area contributed by atoms with Gasteiger partial charge in [0.2, 0.25) is 0 Å². The first-order chi connectivity index (χ1) is 8.56. The van der Waals surface area contributed by atoms with Crippen LogP contribution in [0.15, 0.2) is 18.2 Å². The molecule has 0 spiro atoms. The minimum Gasteiger partial charge on any atom is -0.374 e. The number of halogens is 2. The van der Waals surface area contributed by atoms with Crippen LogP contribution in [0.2, 0.25) is 10.0 Å². The highest BCUT2D eigenvalue weighted by molar-refractivity contribution is 6.35. The number of ether oxygens (including phenoxy) is 2. The van der Waals surface area contributed by atoms with Crippen LogP contribution in [0.1, 0.15) is 18.9 Å². The van der Waals surface area contributed by atoms with E-state index in [1.165, 1.54) is 0 Å². The molecule has 1 aromatic carbocycles. The Bertz CT molecular complexity index is 448. The summed E-state index contributed by atoms with van der Waals surface area (Å²) in [6, 6.07) is 5.28. The highest BCUT2D eigenvalue weighted by Gasteiger charge is 2.29. The smallest absolute Gasteiger partial charge is 0.163 e. The van der Waals surface area contributed by atoms with Gasteiger partial charge in [-0.15, -0.1) is 0 Å². The summed E-state index contributed by atoms with van der Waals surface area (Å²) in [6.07, 6.45) is -0.0218. The molecule has 1 fully saturated rings. The van der Waals surface area contributed by atoms with E-state index in [0.29, 0.717) is 29.7 Å². The van der Waals surface area contributed by atoms with Gasteiger partial charge in [-0.3, -0.25) is 4.79 Å². The predicted octanol–water partition coefficient (Wildman–Crippen LogP) is 3.26. The SMILES string of the molecule is CC1OC(COCc2ccc(Cl)cc2Cl)CC1=O. The predicted molar refractivity (Wildman–Crippen MR) is 70.1 cm³/mol. The summed E-state index contributed by atoms with van der Waals surface area (Å²) < 4.78 is 10.9. The molecule has 0 aliphatic carbocycles. The number of benzene rings is 1. The molecule has 0 radical (unpaired) electrons. The van der Waals surface area contributed by atoms with Crippen molar-refractivity contribution in [2.45, 2.75) is 32.2 Å². The molecule has 0 amide bonds. The fourth-order valence-electron chi connectivity index (χ4n) is 1.84. The van der Waals surface area contributed by atoms with Crippen LogP contribution in [0.25, 0.3) is 0 Å². The molecule has 2 atom stereocenters. The van der Waals surface area contributed by atoms with Crippen molar-refractivity contribution in [3.8, 4) is 0 Å². The van der Waals surface area contributed by atoms with Crippen molar-refractivity contribution in [2.24, 2.45) is 0 Å². The van der Waals surface area contributed by atoms with Crippen LogP contribution >= 0.6 is 23.2 Å². The van der Waals surface area contributed by atoms with Crippen LogP contribution in [0.3, 0.4) is 0 Å². The van der Waals surface area contributed by atoms with Crippen LogP contribution in [-0.4, -0.2) is 24.6 Å². The lowest BCUT2D eigenvalue weighted by Gasteiger charge is -2.11. The third kappa shape index (κ3) is 3.45. The van der Waals surface area contributed by atoms with Crippen LogP contribution < -0.4 is 0 Å². The molecule has 3 nitrogen and oxygen atoms in total. The maximum absolute atomic E-state index is 11.3. The minimum atomic E-state index is -0.308. The fraction of sp³-hybridized carbons (Fsp3) is 0.462. The monoisotopic (exact) mass is 288 g/mol. The second kappa shape index (κ2) is 6.02. The molecule has 18 heavy (non-hydrogen) atoms. The standard InChI is InChI=1S/C13H14Cl2O3/c1-8-13(16)5-11(18-8)7-17-6-9-2-3-10(14)4-12(9)15/h2-4,8,11H,5-7H2,1H3.